The Hall–Kier alpha value is -3.41. The summed E-state index contributed by atoms with van der Waals surface area (Å²) in [6.45, 7) is 4.23. The number of rotatable bonds is 5. The van der Waals surface area contributed by atoms with Gasteiger partial charge >= 0.3 is 5.97 Å². The van der Waals surface area contributed by atoms with Crippen LogP contribution in [0, 0.1) is 0 Å². The summed E-state index contributed by atoms with van der Waals surface area (Å²) in [6.07, 6.45) is 1.33. The number of carboxylic acid groups (broad SMARTS) is 1. The van der Waals surface area contributed by atoms with Crippen LogP contribution in [0.3, 0.4) is 0 Å². The number of amides is 1. The average molecular weight is 363 g/mol. The van der Waals surface area contributed by atoms with E-state index in [-0.39, 0.29) is 11.5 Å². The number of nitrogens with one attached hydrogen (secondary N) is 2. The zero-order valence-corrected chi connectivity index (χ0v) is 15.4. The molecule has 1 heterocycles. The molecule has 6 heteroatoms. The van der Waals surface area contributed by atoms with Crippen LogP contribution >= 0.6 is 0 Å². The molecule has 3 rings (SSSR count). The average Bonchev–Trinajstić information content (AvgIpc) is 2.67. The summed E-state index contributed by atoms with van der Waals surface area (Å²) in [4.78, 5) is 27.9. The first-order chi connectivity index (χ1) is 12.9. The first-order valence-electron chi connectivity index (χ1n) is 8.66. The summed E-state index contributed by atoms with van der Waals surface area (Å²) in [5.74, 6) is -0.925. The van der Waals surface area contributed by atoms with E-state index < -0.39 is 5.97 Å². The van der Waals surface area contributed by atoms with Crippen molar-refractivity contribution in [3.05, 3.63) is 65.4 Å². The van der Waals surface area contributed by atoms with Crippen molar-refractivity contribution in [3.63, 3.8) is 0 Å². The van der Waals surface area contributed by atoms with Gasteiger partial charge in [0.2, 0.25) is 0 Å². The number of nitrogens with zero attached hydrogens (tertiary/aromatic N) is 1. The molecular formula is C21H21N3O3. The van der Waals surface area contributed by atoms with Crippen LogP contribution in [0.4, 0.5) is 11.4 Å². The van der Waals surface area contributed by atoms with Crippen molar-refractivity contribution >= 4 is 34.2 Å². The van der Waals surface area contributed by atoms with Crippen LogP contribution in [0.5, 0.6) is 0 Å². The summed E-state index contributed by atoms with van der Waals surface area (Å²) in [6, 6.07) is 12.9. The summed E-state index contributed by atoms with van der Waals surface area (Å²) in [5, 5.41) is 15.9. The molecule has 6 nitrogen and oxygen atoms in total. The molecule has 0 saturated heterocycles. The molecule has 0 saturated carbocycles. The smallest absolute Gasteiger partial charge is 0.339 e. The Morgan fingerprint density at radius 1 is 1.07 bits per heavy atom. The Labute approximate surface area is 157 Å². The van der Waals surface area contributed by atoms with E-state index in [0.717, 1.165) is 5.69 Å². The van der Waals surface area contributed by atoms with Crippen LogP contribution in [0.15, 0.2) is 48.7 Å². The summed E-state index contributed by atoms with van der Waals surface area (Å²) >= 11 is 0. The number of carboxylic acids is 1. The maximum absolute atomic E-state index is 12.0. The van der Waals surface area contributed by atoms with Gasteiger partial charge in [-0.25, -0.2) is 4.79 Å². The second-order valence-corrected chi connectivity index (χ2v) is 6.56. The van der Waals surface area contributed by atoms with Gasteiger partial charge in [-0.2, -0.15) is 0 Å². The van der Waals surface area contributed by atoms with Gasteiger partial charge < -0.3 is 15.7 Å². The molecule has 2 aromatic carbocycles. The highest BCUT2D eigenvalue weighted by Crippen LogP contribution is 2.30. The molecule has 0 aliphatic carbocycles. The van der Waals surface area contributed by atoms with Gasteiger partial charge in [-0.3, -0.25) is 9.78 Å². The van der Waals surface area contributed by atoms with E-state index in [1.54, 1.807) is 25.2 Å². The van der Waals surface area contributed by atoms with Crippen LogP contribution in [0.25, 0.3) is 10.9 Å². The largest absolute Gasteiger partial charge is 0.478 e. The second kappa shape index (κ2) is 7.45. The van der Waals surface area contributed by atoms with Crippen LogP contribution in [0.2, 0.25) is 0 Å². The van der Waals surface area contributed by atoms with E-state index in [4.69, 9.17) is 0 Å². The van der Waals surface area contributed by atoms with Crippen molar-refractivity contribution in [3.8, 4) is 0 Å². The predicted octanol–water partition coefficient (Wildman–Crippen LogP) is 4.16. The number of hydrogen-bond acceptors (Lipinski definition) is 4. The number of pyridine rings is 1. The Morgan fingerprint density at radius 3 is 2.37 bits per heavy atom. The minimum Gasteiger partial charge on any atom is -0.478 e. The fourth-order valence-electron chi connectivity index (χ4n) is 2.87. The van der Waals surface area contributed by atoms with Crippen molar-refractivity contribution in [1.29, 1.82) is 0 Å². The maximum atomic E-state index is 12.0. The Morgan fingerprint density at radius 2 is 1.78 bits per heavy atom. The fraction of sp³-hybridized carbons (Fsp3) is 0.190. The maximum Gasteiger partial charge on any atom is 0.339 e. The molecule has 0 spiro atoms. The zero-order chi connectivity index (χ0) is 19.6. The summed E-state index contributed by atoms with van der Waals surface area (Å²) < 4.78 is 0. The van der Waals surface area contributed by atoms with Crippen LogP contribution < -0.4 is 10.6 Å². The van der Waals surface area contributed by atoms with Gasteiger partial charge in [-0.05, 0) is 41.8 Å². The first-order valence-corrected chi connectivity index (χ1v) is 8.66. The van der Waals surface area contributed by atoms with E-state index in [1.165, 1.54) is 11.8 Å². The third-order valence-corrected chi connectivity index (χ3v) is 4.43. The monoisotopic (exact) mass is 363 g/mol. The highest BCUT2D eigenvalue weighted by molar-refractivity contribution is 6.07. The van der Waals surface area contributed by atoms with Crippen molar-refractivity contribution in [2.45, 2.75) is 19.8 Å². The molecule has 0 bridgehead atoms. The molecule has 0 unspecified atom stereocenters. The highest BCUT2D eigenvalue weighted by Gasteiger charge is 2.16. The van der Waals surface area contributed by atoms with Crippen LogP contribution in [-0.4, -0.2) is 29.0 Å². The van der Waals surface area contributed by atoms with Crippen LogP contribution in [0.1, 0.15) is 46.0 Å². The zero-order valence-electron chi connectivity index (χ0n) is 15.4. The summed E-state index contributed by atoms with van der Waals surface area (Å²) in [7, 11) is 1.55. The Kier molecular flexibility index (Phi) is 5.07. The topological polar surface area (TPSA) is 91.3 Å². The molecule has 1 amide bonds. The van der Waals surface area contributed by atoms with Crippen molar-refractivity contribution in [2.24, 2.45) is 0 Å². The summed E-state index contributed by atoms with van der Waals surface area (Å²) in [5.41, 5.74) is 3.46. The van der Waals surface area contributed by atoms with Crippen LogP contribution in [-0.2, 0) is 0 Å². The highest BCUT2D eigenvalue weighted by atomic mass is 16.4. The number of hydrogen-bond donors (Lipinski definition) is 3. The normalized spacial score (nSPS) is 10.8. The second-order valence-electron chi connectivity index (χ2n) is 6.56. The van der Waals surface area contributed by atoms with Gasteiger partial charge in [0.15, 0.2) is 0 Å². The van der Waals surface area contributed by atoms with Crippen molar-refractivity contribution in [2.75, 3.05) is 12.4 Å². The first kappa shape index (κ1) is 18.4. The number of carbonyl (C=O) groups is 2. The number of benzene rings is 2. The molecule has 1 aromatic heterocycles. The predicted molar refractivity (Wildman–Crippen MR) is 106 cm³/mol. The number of anilines is 2. The number of fused-ring (bicyclic) bond motifs is 1. The van der Waals surface area contributed by atoms with E-state index >= 15 is 0 Å². The van der Waals surface area contributed by atoms with E-state index in [2.05, 4.69) is 29.5 Å². The lowest BCUT2D eigenvalue weighted by Gasteiger charge is -2.14. The molecular weight excluding hydrogens is 342 g/mol. The molecule has 0 atom stereocenters. The van der Waals surface area contributed by atoms with E-state index in [9.17, 15) is 14.7 Å². The quantitative estimate of drug-likeness (QED) is 0.633. The third-order valence-electron chi connectivity index (χ3n) is 4.43. The lowest BCUT2D eigenvalue weighted by molar-refractivity contribution is 0.0697. The van der Waals surface area contributed by atoms with Crippen molar-refractivity contribution in [1.82, 2.24) is 10.3 Å². The number of carbonyl (C=O) groups excluding carboxylic acids is 1. The molecule has 3 N–H and O–H groups in total. The third kappa shape index (κ3) is 3.74. The standard InChI is InChI=1S/C21H21N3O3/c1-12(2)13-4-7-15(8-5-13)24-19-16-10-14(20(25)22-3)6-9-18(16)23-11-17(19)21(26)27/h4-12H,1-3H3,(H,22,25)(H,23,24)(H,26,27). The lowest BCUT2D eigenvalue weighted by Crippen LogP contribution is -2.17. The van der Waals surface area contributed by atoms with Gasteiger partial charge in [-0.15, -0.1) is 0 Å². The fourth-order valence-corrected chi connectivity index (χ4v) is 2.87. The SMILES string of the molecule is CNC(=O)c1ccc2ncc(C(=O)O)c(Nc3ccc(C(C)C)cc3)c2c1. The molecule has 27 heavy (non-hydrogen) atoms. The van der Waals surface area contributed by atoms with E-state index in [1.807, 2.05) is 24.3 Å². The van der Waals surface area contributed by atoms with Gasteiger partial charge in [0.1, 0.15) is 5.56 Å². The number of aromatic carboxylic acids is 1. The van der Waals surface area contributed by atoms with Gasteiger partial charge in [0, 0.05) is 29.9 Å². The molecule has 0 aliphatic heterocycles. The van der Waals surface area contributed by atoms with Crippen molar-refractivity contribution < 1.29 is 14.7 Å². The minimum absolute atomic E-state index is 0.0458. The molecule has 0 radical (unpaired) electrons. The minimum atomic E-state index is -1.09. The van der Waals surface area contributed by atoms with E-state index in [0.29, 0.717) is 28.1 Å². The molecule has 0 fully saturated rings. The van der Waals surface area contributed by atoms with Gasteiger partial charge in [0.05, 0.1) is 11.2 Å². The molecule has 3 aromatic rings. The lowest BCUT2D eigenvalue weighted by atomic mass is 10.0. The molecule has 0 aliphatic rings. The van der Waals surface area contributed by atoms with Gasteiger partial charge in [-0.1, -0.05) is 26.0 Å². The number of aromatic nitrogens is 1. The Balaban J connectivity index is 2.13. The Bertz CT molecular complexity index is 1010. The molecule has 138 valence electrons. The van der Waals surface area contributed by atoms with Gasteiger partial charge in [0.25, 0.3) is 5.91 Å².